The Morgan fingerprint density at radius 3 is 2.84 bits per heavy atom. The van der Waals surface area contributed by atoms with Crippen molar-refractivity contribution in [2.24, 2.45) is 0 Å². The number of aromatic amines is 1. The first-order chi connectivity index (χ1) is 9.06. The van der Waals surface area contributed by atoms with Crippen LogP contribution in [0.5, 0.6) is 5.75 Å². The van der Waals surface area contributed by atoms with E-state index in [2.05, 4.69) is 25.2 Å². The third-order valence-electron chi connectivity index (χ3n) is 2.23. The fourth-order valence-corrected chi connectivity index (χ4v) is 1.40. The SMILES string of the molecule is Nc1cc(F)c(OC(F)F)cc1NCc1ncn[nH]1. The molecule has 1 aromatic carbocycles. The summed E-state index contributed by atoms with van der Waals surface area (Å²) in [7, 11) is 0. The van der Waals surface area contributed by atoms with E-state index in [4.69, 9.17) is 5.73 Å². The Balaban J connectivity index is 2.15. The van der Waals surface area contributed by atoms with E-state index < -0.39 is 18.2 Å². The quantitative estimate of drug-likeness (QED) is 0.722. The number of H-pyrrole nitrogens is 1. The van der Waals surface area contributed by atoms with Crippen molar-refractivity contribution in [2.75, 3.05) is 11.1 Å². The molecule has 2 rings (SSSR count). The van der Waals surface area contributed by atoms with Gasteiger partial charge >= 0.3 is 6.61 Å². The van der Waals surface area contributed by atoms with Crippen molar-refractivity contribution < 1.29 is 17.9 Å². The molecule has 0 bridgehead atoms. The summed E-state index contributed by atoms with van der Waals surface area (Å²) >= 11 is 0. The van der Waals surface area contributed by atoms with Gasteiger partial charge in [-0.25, -0.2) is 9.37 Å². The third-order valence-corrected chi connectivity index (χ3v) is 2.23. The summed E-state index contributed by atoms with van der Waals surface area (Å²) < 4.78 is 41.5. The van der Waals surface area contributed by atoms with Crippen molar-refractivity contribution >= 4 is 11.4 Å². The van der Waals surface area contributed by atoms with E-state index in [0.29, 0.717) is 5.82 Å². The van der Waals surface area contributed by atoms with Gasteiger partial charge in [0.1, 0.15) is 12.2 Å². The molecule has 6 nitrogen and oxygen atoms in total. The Kier molecular flexibility index (Phi) is 3.74. The van der Waals surface area contributed by atoms with Gasteiger partial charge in [-0.05, 0) is 0 Å². The molecule has 1 heterocycles. The molecule has 0 aliphatic heterocycles. The van der Waals surface area contributed by atoms with Crippen LogP contribution in [0.3, 0.4) is 0 Å². The number of alkyl halides is 2. The molecule has 4 N–H and O–H groups in total. The number of benzene rings is 1. The second-order valence-corrected chi connectivity index (χ2v) is 3.53. The van der Waals surface area contributed by atoms with Gasteiger partial charge in [-0.1, -0.05) is 0 Å². The van der Waals surface area contributed by atoms with Gasteiger partial charge in [0.15, 0.2) is 11.6 Å². The average Bonchev–Trinajstić information content (AvgIpc) is 2.83. The van der Waals surface area contributed by atoms with E-state index >= 15 is 0 Å². The Morgan fingerprint density at radius 2 is 2.21 bits per heavy atom. The largest absolute Gasteiger partial charge is 0.432 e. The van der Waals surface area contributed by atoms with Crippen molar-refractivity contribution in [3.63, 3.8) is 0 Å². The lowest BCUT2D eigenvalue weighted by Gasteiger charge is -2.12. The van der Waals surface area contributed by atoms with Gasteiger partial charge in [0.25, 0.3) is 0 Å². The summed E-state index contributed by atoms with van der Waals surface area (Å²) in [4.78, 5) is 3.85. The highest BCUT2D eigenvalue weighted by atomic mass is 19.3. The lowest BCUT2D eigenvalue weighted by Crippen LogP contribution is -2.08. The fraction of sp³-hybridized carbons (Fsp3) is 0.200. The summed E-state index contributed by atoms with van der Waals surface area (Å²) in [5.41, 5.74) is 5.89. The van der Waals surface area contributed by atoms with Crippen LogP contribution in [0, 0.1) is 5.82 Å². The van der Waals surface area contributed by atoms with Crippen molar-refractivity contribution in [3.8, 4) is 5.75 Å². The van der Waals surface area contributed by atoms with Gasteiger partial charge < -0.3 is 15.8 Å². The molecule has 9 heteroatoms. The molecule has 1 aromatic heterocycles. The van der Waals surface area contributed by atoms with E-state index in [1.807, 2.05) is 0 Å². The zero-order valence-electron chi connectivity index (χ0n) is 9.53. The normalized spacial score (nSPS) is 10.7. The topological polar surface area (TPSA) is 88.8 Å². The number of hydrogen-bond acceptors (Lipinski definition) is 5. The van der Waals surface area contributed by atoms with Gasteiger partial charge in [-0.15, -0.1) is 0 Å². The summed E-state index contributed by atoms with van der Waals surface area (Å²) in [6.45, 7) is -2.88. The number of nitrogens with two attached hydrogens (primary N) is 1. The predicted molar refractivity (Wildman–Crippen MR) is 61.2 cm³/mol. The van der Waals surface area contributed by atoms with Crippen LogP contribution in [0.25, 0.3) is 0 Å². The molecule has 0 amide bonds. The second kappa shape index (κ2) is 5.46. The molecule has 2 aromatic rings. The van der Waals surface area contributed by atoms with Crippen LogP contribution in [0.2, 0.25) is 0 Å². The minimum Gasteiger partial charge on any atom is -0.432 e. The molecular formula is C10H10F3N5O. The fourth-order valence-electron chi connectivity index (χ4n) is 1.40. The maximum atomic E-state index is 13.3. The summed E-state index contributed by atoms with van der Waals surface area (Å²) in [6.07, 6.45) is 1.32. The lowest BCUT2D eigenvalue weighted by atomic mass is 10.2. The van der Waals surface area contributed by atoms with Crippen LogP contribution in [0.1, 0.15) is 5.82 Å². The van der Waals surface area contributed by atoms with Crippen molar-refractivity contribution in [3.05, 3.63) is 30.1 Å². The first kappa shape index (κ1) is 13.0. The Morgan fingerprint density at radius 1 is 1.42 bits per heavy atom. The molecule has 0 unspecified atom stereocenters. The zero-order valence-corrected chi connectivity index (χ0v) is 9.53. The molecule has 0 saturated heterocycles. The van der Waals surface area contributed by atoms with E-state index in [-0.39, 0.29) is 17.9 Å². The number of rotatable bonds is 5. The average molecular weight is 273 g/mol. The van der Waals surface area contributed by atoms with Crippen LogP contribution < -0.4 is 15.8 Å². The van der Waals surface area contributed by atoms with Crippen molar-refractivity contribution in [1.29, 1.82) is 0 Å². The van der Waals surface area contributed by atoms with Gasteiger partial charge in [-0.3, -0.25) is 5.10 Å². The molecule has 0 aliphatic rings. The Labute approximate surface area is 105 Å². The zero-order chi connectivity index (χ0) is 13.8. The van der Waals surface area contributed by atoms with Gasteiger partial charge in [0.2, 0.25) is 0 Å². The smallest absolute Gasteiger partial charge is 0.387 e. The molecule has 0 saturated carbocycles. The first-order valence-corrected chi connectivity index (χ1v) is 5.18. The first-order valence-electron chi connectivity index (χ1n) is 5.18. The number of nitrogens with one attached hydrogen (secondary N) is 2. The molecule has 0 aliphatic carbocycles. The summed E-state index contributed by atoms with van der Waals surface area (Å²) in [5, 5.41) is 9.04. The van der Waals surface area contributed by atoms with E-state index in [0.717, 1.165) is 12.1 Å². The lowest BCUT2D eigenvalue weighted by molar-refractivity contribution is -0.0521. The standard InChI is InChI=1S/C10H10F3N5O/c11-5-1-6(14)7(2-8(5)19-10(12)13)15-3-9-16-4-17-18-9/h1-2,4,10,15H,3,14H2,(H,16,17,18). The minimum atomic E-state index is -3.11. The van der Waals surface area contributed by atoms with Crippen molar-refractivity contribution in [2.45, 2.75) is 13.2 Å². The minimum absolute atomic E-state index is 0.0682. The highest BCUT2D eigenvalue weighted by Crippen LogP contribution is 2.29. The van der Waals surface area contributed by atoms with E-state index in [1.54, 1.807) is 0 Å². The van der Waals surface area contributed by atoms with Gasteiger partial charge in [-0.2, -0.15) is 13.9 Å². The predicted octanol–water partition coefficient (Wildman–Crippen LogP) is 1.74. The number of anilines is 2. The van der Waals surface area contributed by atoms with Crippen LogP contribution >= 0.6 is 0 Å². The molecule has 0 fully saturated rings. The molecule has 0 atom stereocenters. The van der Waals surface area contributed by atoms with Crippen LogP contribution in [0.4, 0.5) is 24.5 Å². The van der Waals surface area contributed by atoms with Crippen LogP contribution in [-0.4, -0.2) is 21.8 Å². The highest BCUT2D eigenvalue weighted by molar-refractivity contribution is 5.68. The molecule has 19 heavy (non-hydrogen) atoms. The third kappa shape index (κ3) is 3.27. The summed E-state index contributed by atoms with van der Waals surface area (Å²) in [6, 6.07) is 1.97. The number of nitrogen functional groups attached to an aromatic ring is 1. The molecule has 0 radical (unpaired) electrons. The van der Waals surface area contributed by atoms with Crippen molar-refractivity contribution in [1.82, 2.24) is 15.2 Å². The van der Waals surface area contributed by atoms with Gasteiger partial charge in [0, 0.05) is 12.1 Å². The van der Waals surface area contributed by atoms with E-state index in [1.165, 1.54) is 6.33 Å². The number of halogens is 3. The maximum Gasteiger partial charge on any atom is 0.387 e. The van der Waals surface area contributed by atoms with Crippen LogP contribution in [-0.2, 0) is 6.54 Å². The Bertz CT molecular complexity index is 546. The second-order valence-electron chi connectivity index (χ2n) is 3.53. The van der Waals surface area contributed by atoms with Crippen LogP contribution in [0.15, 0.2) is 18.5 Å². The summed E-state index contributed by atoms with van der Waals surface area (Å²) in [5.74, 6) is -1.02. The Hall–Kier alpha value is -2.45. The molecular weight excluding hydrogens is 263 g/mol. The monoisotopic (exact) mass is 273 g/mol. The number of hydrogen-bond donors (Lipinski definition) is 3. The van der Waals surface area contributed by atoms with Gasteiger partial charge in [0.05, 0.1) is 17.9 Å². The number of ether oxygens (including phenoxy) is 1. The molecule has 0 spiro atoms. The highest BCUT2D eigenvalue weighted by Gasteiger charge is 2.13. The number of nitrogens with zero attached hydrogens (tertiary/aromatic N) is 2. The molecule has 102 valence electrons. The maximum absolute atomic E-state index is 13.3. The number of aromatic nitrogens is 3. The van der Waals surface area contributed by atoms with E-state index in [9.17, 15) is 13.2 Å².